The highest BCUT2D eigenvalue weighted by molar-refractivity contribution is 6.42. The summed E-state index contributed by atoms with van der Waals surface area (Å²) in [7, 11) is 0. The average molecular weight is 325 g/mol. The Morgan fingerprint density at radius 3 is 1.64 bits per heavy atom. The molecule has 122 valence electrons. The Morgan fingerprint density at radius 2 is 1.12 bits per heavy atom. The van der Waals surface area contributed by atoms with Crippen molar-refractivity contribution in [2.75, 3.05) is 0 Å². The number of hydrogen-bond acceptors (Lipinski definition) is 3. The lowest BCUT2D eigenvalue weighted by atomic mass is 9.92. The summed E-state index contributed by atoms with van der Waals surface area (Å²) in [5.41, 5.74) is 9.55. The van der Waals surface area contributed by atoms with Crippen LogP contribution in [0, 0.1) is 0 Å². The fraction of sp³-hybridized carbons (Fsp3) is 0.0909. The highest BCUT2D eigenvalue weighted by Gasteiger charge is 2.38. The van der Waals surface area contributed by atoms with Gasteiger partial charge >= 0.3 is 0 Å². The number of aliphatic imine (C=N–C) groups is 2. The molecule has 0 saturated carbocycles. The summed E-state index contributed by atoms with van der Waals surface area (Å²) < 4.78 is 0. The summed E-state index contributed by atoms with van der Waals surface area (Å²) in [5.74, 6) is 0.511. The summed E-state index contributed by atoms with van der Waals surface area (Å²) in [6.45, 7) is 0. The molecule has 0 spiro atoms. The van der Waals surface area contributed by atoms with Crippen molar-refractivity contribution in [3.05, 3.63) is 108 Å². The van der Waals surface area contributed by atoms with Gasteiger partial charge in [0.15, 0.2) is 0 Å². The van der Waals surface area contributed by atoms with Crippen LogP contribution in [0.5, 0.6) is 0 Å². The molecule has 0 unspecified atom stereocenters. The first-order valence-electron chi connectivity index (χ1n) is 8.37. The third kappa shape index (κ3) is 2.85. The van der Waals surface area contributed by atoms with E-state index in [-0.39, 0.29) is 0 Å². The second-order valence-corrected chi connectivity index (χ2v) is 6.12. The van der Waals surface area contributed by atoms with Gasteiger partial charge in [-0.05, 0) is 5.56 Å². The van der Waals surface area contributed by atoms with Gasteiger partial charge in [0, 0.05) is 17.5 Å². The van der Waals surface area contributed by atoms with E-state index in [0.717, 1.165) is 16.8 Å². The minimum absolute atomic E-state index is 0.511. The Bertz CT molecular complexity index is 874. The van der Waals surface area contributed by atoms with E-state index in [1.165, 1.54) is 5.56 Å². The summed E-state index contributed by atoms with van der Waals surface area (Å²) in [6, 6.07) is 30.5. The van der Waals surface area contributed by atoms with Crippen LogP contribution in [-0.4, -0.2) is 11.5 Å². The number of nitrogens with two attached hydrogens (primary N) is 1. The maximum Gasteiger partial charge on any atom is 0.204 e. The predicted molar refractivity (Wildman–Crippen MR) is 103 cm³/mol. The quantitative estimate of drug-likeness (QED) is 0.776. The van der Waals surface area contributed by atoms with Crippen molar-refractivity contribution >= 4 is 11.5 Å². The molecule has 0 atom stereocenters. The first kappa shape index (κ1) is 15.3. The van der Waals surface area contributed by atoms with Crippen LogP contribution in [0.1, 0.15) is 16.7 Å². The molecule has 1 aliphatic heterocycles. The third-order valence-electron chi connectivity index (χ3n) is 4.44. The minimum Gasteiger partial charge on any atom is -0.382 e. The molecule has 25 heavy (non-hydrogen) atoms. The average Bonchev–Trinajstić information content (AvgIpc) is 3.01. The van der Waals surface area contributed by atoms with Crippen molar-refractivity contribution in [2.45, 2.75) is 12.1 Å². The van der Waals surface area contributed by atoms with Gasteiger partial charge in [-0.1, -0.05) is 91.0 Å². The highest BCUT2D eigenvalue weighted by atomic mass is 15.2. The van der Waals surface area contributed by atoms with Crippen LogP contribution in [0.4, 0.5) is 0 Å². The number of hydrogen-bond donors (Lipinski definition) is 1. The van der Waals surface area contributed by atoms with E-state index in [1.807, 2.05) is 54.6 Å². The van der Waals surface area contributed by atoms with Crippen molar-refractivity contribution in [3.63, 3.8) is 0 Å². The molecule has 0 aliphatic carbocycles. The van der Waals surface area contributed by atoms with Gasteiger partial charge in [0.05, 0.1) is 5.71 Å². The van der Waals surface area contributed by atoms with Crippen LogP contribution in [0.2, 0.25) is 0 Å². The second-order valence-electron chi connectivity index (χ2n) is 6.12. The number of nitrogens with zero attached hydrogens (tertiary/aromatic N) is 2. The Hall–Kier alpha value is -3.20. The van der Waals surface area contributed by atoms with Crippen molar-refractivity contribution in [2.24, 2.45) is 15.7 Å². The zero-order valence-corrected chi connectivity index (χ0v) is 13.8. The van der Waals surface area contributed by atoms with E-state index in [4.69, 9.17) is 15.7 Å². The highest BCUT2D eigenvalue weighted by Crippen LogP contribution is 2.38. The van der Waals surface area contributed by atoms with Gasteiger partial charge < -0.3 is 5.73 Å². The van der Waals surface area contributed by atoms with Gasteiger partial charge in [-0.2, -0.15) is 0 Å². The normalized spacial score (nSPS) is 15.5. The topological polar surface area (TPSA) is 50.7 Å². The molecule has 0 saturated heterocycles. The zero-order valence-electron chi connectivity index (χ0n) is 13.8. The van der Waals surface area contributed by atoms with Crippen LogP contribution in [-0.2, 0) is 12.1 Å². The minimum atomic E-state index is -0.795. The van der Waals surface area contributed by atoms with Crippen LogP contribution in [0.3, 0.4) is 0 Å². The van der Waals surface area contributed by atoms with E-state index < -0.39 is 5.66 Å². The Morgan fingerprint density at radius 1 is 0.640 bits per heavy atom. The van der Waals surface area contributed by atoms with Crippen molar-refractivity contribution in [1.82, 2.24) is 0 Å². The summed E-state index contributed by atoms with van der Waals surface area (Å²) >= 11 is 0. The number of amidine groups is 1. The van der Waals surface area contributed by atoms with Gasteiger partial charge in [-0.15, -0.1) is 0 Å². The standard InChI is InChI=1S/C22H19N3/c23-21-20(16-17-10-4-1-5-11-17)24-22(25-21,18-12-6-2-7-13-18)19-14-8-3-9-15-19/h1-15H,16H2,(H2,23,25). The lowest BCUT2D eigenvalue weighted by Crippen LogP contribution is -2.23. The maximum absolute atomic E-state index is 6.30. The fourth-order valence-electron chi connectivity index (χ4n) is 3.20. The molecule has 0 fully saturated rings. The van der Waals surface area contributed by atoms with Gasteiger partial charge in [0.2, 0.25) is 5.66 Å². The van der Waals surface area contributed by atoms with E-state index in [1.54, 1.807) is 0 Å². The molecule has 0 amide bonds. The maximum atomic E-state index is 6.30. The fourth-order valence-corrected chi connectivity index (χ4v) is 3.20. The van der Waals surface area contributed by atoms with Crippen molar-refractivity contribution in [3.8, 4) is 0 Å². The van der Waals surface area contributed by atoms with Crippen LogP contribution in [0.15, 0.2) is 101 Å². The Balaban J connectivity index is 1.83. The van der Waals surface area contributed by atoms with Crippen molar-refractivity contribution in [1.29, 1.82) is 0 Å². The molecule has 1 aliphatic rings. The summed E-state index contributed by atoms with van der Waals surface area (Å²) in [5, 5.41) is 0. The molecule has 3 aromatic carbocycles. The lowest BCUT2D eigenvalue weighted by molar-refractivity contribution is 0.587. The predicted octanol–water partition coefficient (Wildman–Crippen LogP) is 3.94. The van der Waals surface area contributed by atoms with Gasteiger partial charge in [-0.3, -0.25) is 0 Å². The largest absolute Gasteiger partial charge is 0.382 e. The molecular weight excluding hydrogens is 306 g/mol. The van der Waals surface area contributed by atoms with Crippen LogP contribution >= 0.6 is 0 Å². The molecule has 0 aromatic heterocycles. The summed E-state index contributed by atoms with van der Waals surface area (Å²) in [6.07, 6.45) is 0.678. The van der Waals surface area contributed by atoms with E-state index in [2.05, 4.69) is 36.4 Å². The second kappa shape index (κ2) is 6.36. The molecular formula is C22H19N3. The number of rotatable bonds is 4. The molecule has 3 heteroatoms. The molecule has 1 heterocycles. The van der Waals surface area contributed by atoms with Crippen LogP contribution in [0.25, 0.3) is 0 Å². The molecule has 3 aromatic rings. The van der Waals surface area contributed by atoms with E-state index in [9.17, 15) is 0 Å². The molecule has 0 bridgehead atoms. The lowest BCUT2D eigenvalue weighted by Gasteiger charge is -2.24. The third-order valence-corrected chi connectivity index (χ3v) is 4.44. The Kier molecular flexibility index (Phi) is 3.90. The van der Waals surface area contributed by atoms with Gasteiger partial charge in [0.1, 0.15) is 5.84 Å². The molecule has 0 radical (unpaired) electrons. The Labute approximate surface area is 147 Å². The first-order valence-corrected chi connectivity index (χ1v) is 8.37. The first-order chi connectivity index (χ1) is 12.3. The van der Waals surface area contributed by atoms with E-state index >= 15 is 0 Å². The summed E-state index contributed by atoms with van der Waals surface area (Å²) in [4.78, 5) is 9.85. The molecule has 2 N–H and O–H groups in total. The smallest absolute Gasteiger partial charge is 0.204 e. The monoisotopic (exact) mass is 325 g/mol. The SMILES string of the molecule is NC1=NC(c2ccccc2)(c2ccccc2)N=C1Cc1ccccc1. The van der Waals surface area contributed by atoms with E-state index in [0.29, 0.717) is 12.3 Å². The zero-order chi connectivity index (χ0) is 17.1. The number of benzene rings is 3. The molecule has 3 nitrogen and oxygen atoms in total. The van der Waals surface area contributed by atoms with Gasteiger partial charge in [0.25, 0.3) is 0 Å². The van der Waals surface area contributed by atoms with Gasteiger partial charge in [-0.25, -0.2) is 9.98 Å². The van der Waals surface area contributed by atoms with Crippen LogP contribution < -0.4 is 5.73 Å². The molecule has 4 rings (SSSR count). The van der Waals surface area contributed by atoms with Crippen molar-refractivity contribution < 1.29 is 0 Å².